The molecule has 2 nitrogen and oxygen atoms in total. The highest BCUT2D eigenvalue weighted by Gasteiger charge is 2.11. The molecule has 0 bridgehead atoms. The zero-order valence-corrected chi connectivity index (χ0v) is 11.7. The average molecular weight is 254 g/mol. The van der Waals surface area contributed by atoms with Crippen LogP contribution in [0, 0.1) is 13.8 Å². The Morgan fingerprint density at radius 3 is 2.53 bits per heavy atom. The molecule has 3 heteroatoms. The van der Waals surface area contributed by atoms with Gasteiger partial charge in [-0.25, -0.2) is 0 Å². The second-order valence-corrected chi connectivity index (χ2v) is 5.40. The van der Waals surface area contributed by atoms with E-state index in [2.05, 4.69) is 26.0 Å². The first-order valence-corrected chi connectivity index (χ1v) is 6.28. The highest BCUT2D eigenvalue weighted by molar-refractivity contribution is 6.20. The van der Waals surface area contributed by atoms with Gasteiger partial charge in [0, 0.05) is 19.0 Å². The van der Waals surface area contributed by atoms with Crippen LogP contribution in [0.25, 0.3) is 0 Å². The van der Waals surface area contributed by atoms with Crippen LogP contribution >= 0.6 is 11.6 Å². The fourth-order valence-corrected chi connectivity index (χ4v) is 1.91. The van der Waals surface area contributed by atoms with Gasteiger partial charge in [-0.05, 0) is 37.5 Å². The van der Waals surface area contributed by atoms with Gasteiger partial charge in [-0.1, -0.05) is 18.2 Å². The largest absolute Gasteiger partial charge is 0.344 e. The normalized spacial score (nSPS) is 12.3. The third-order valence-corrected chi connectivity index (χ3v) is 3.02. The first-order chi connectivity index (χ1) is 7.90. The van der Waals surface area contributed by atoms with Crippen molar-refractivity contribution in [1.82, 2.24) is 4.90 Å². The summed E-state index contributed by atoms with van der Waals surface area (Å²) < 4.78 is 0. The number of rotatable bonds is 4. The summed E-state index contributed by atoms with van der Waals surface area (Å²) in [5, 5.41) is -0.0105. The number of halogens is 1. The minimum absolute atomic E-state index is 0.0105. The highest BCUT2D eigenvalue weighted by Crippen LogP contribution is 2.11. The van der Waals surface area contributed by atoms with E-state index in [1.807, 2.05) is 13.0 Å². The standard InChI is InChI=1S/C14H20ClNO/c1-10-5-6-13(7-11(10)2)8-14(17)16(4)9-12(3)15/h5-7,12H,8-9H2,1-4H3. The summed E-state index contributed by atoms with van der Waals surface area (Å²) in [5.74, 6) is 0.112. The molecule has 0 aromatic heterocycles. The number of hydrogen-bond donors (Lipinski definition) is 0. The van der Waals surface area contributed by atoms with Crippen LogP contribution in [-0.2, 0) is 11.2 Å². The van der Waals surface area contributed by atoms with Crippen molar-refractivity contribution in [1.29, 1.82) is 0 Å². The van der Waals surface area contributed by atoms with Crippen molar-refractivity contribution >= 4 is 17.5 Å². The fraction of sp³-hybridized carbons (Fsp3) is 0.500. The molecule has 0 spiro atoms. The second-order valence-electron chi connectivity index (χ2n) is 4.65. The molecule has 1 atom stereocenters. The Kier molecular flexibility index (Phi) is 5.01. The maximum Gasteiger partial charge on any atom is 0.226 e. The van der Waals surface area contributed by atoms with E-state index in [9.17, 15) is 4.79 Å². The van der Waals surface area contributed by atoms with Gasteiger partial charge >= 0.3 is 0 Å². The first-order valence-electron chi connectivity index (χ1n) is 5.84. The minimum atomic E-state index is -0.0105. The van der Waals surface area contributed by atoms with Gasteiger partial charge in [0.2, 0.25) is 5.91 Å². The number of carbonyl (C=O) groups is 1. The van der Waals surface area contributed by atoms with E-state index in [0.29, 0.717) is 13.0 Å². The summed E-state index contributed by atoms with van der Waals surface area (Å²) in [6.45, 7) is 6.61. The van der Waals surface area contributed by atoms with Crippen LogP contribution in [-0.4, -0.2) is 29.8 Å². The van der Waals surface area contributed by atoms with E-state index in [1.54, 1.807) is 11.9 Å². The third kappa shape index (κ3) is 4.39. The molecule has 0 saturated heterocycles. The van der Waals surface area contributed by atoms with Gasteiger partial charge < -0.3 is 4.90 Å². The van der Waals surface area contributed by atoms with Crippen molar-refractivity contribution in [3.63, 3.8) is 0 Å². The molecule has 0 aliphatic carbocycles. The number of benzene rings is 1. The molecule has 0 radical (unpaired) electrons. The van der Waals surface area contributed by atoms with Gasteiger partial charge in [0.1, 0.15) is 0 Å². The van der Waals surface area contributed by atoms with Gasteiger partial charge in [-0.2, -0.15) is 0 Å². The Morgan fingerprint density at radius 1 is 1.35 bits per heavy atom. The maximum atomic E-state index is 11.9. The summed E-state index contributed by atoms with van der Waals surface area (Å²) in [6, 6.07) is 6.14. The number of carbonyl (C=O) groups excluding carboxylic acids is 1. The predicted molar refractivity (Wildman–Crippen MR) is 72.6 cm³/mol. The van der Waals surface area contributed by atoms with E-state index < -0.39 is 0 Å². The van der Waals surface area contributed by atoms with E-state index in [1.165, 1.54) is 11.1 Å². The lowest BCUT2D eigenvalue weighted by atomic mass is 10.0. The summed E-state index contributed by atoms with van der Waals surface area (Å²) in [4.78, 5) is 13.6. The van der Waals surface area contributed by atoms with Crippen molar-refractivity contribution < 1.29 is 4.79 Å². The second kappa shape index (κ2) is 6.06. The van der Waals surface area contributed by atoms with Crippen LogP contribution in [0.5, 0.6) is 0 Å². The molecule has 17 heavy (non-hydrogen) atoms. The minimum Gasteiger partial charge on any atom is -0.344 e. The molecule has 0 heterocycles. The molecule has 1 aromatic carbocycles. The van der Waals surface area contributed by atoms with Crippen molar-refractivity contribution in [3.8, 4) is 0 Å². The quantitative estimate of drug-likeness (QED) is 0.756. The molecule has 0 saturated carbocycles. The number of hydrogen-bond acceptors (Lipinski definition) is 1. The smallest absolute Gasteiger partial charge is 0.226 e. The lowest BCUT2D eigenvalue weighted by Gasteiger charge is -2.18. The zero-order chi connectivity index (χ0) is 13.0. The van der Waals surface area contributed by atoms with Crippen LogP contribution in [0.3, 0.4) is 0 Å². The Morgan fingerprint density at radius 2 is 2.00 bits per heavy atom. The van der Waals surface area contributed by atoms with Gasteiger partial charge in [-0.15, -0.1) is 11.6 Å². The molecular formula is C14H20ClNO. The molecule has 1 unspecified atom stereocenters. The summed E-state index contributed by atoms with van der Waals surface area (Å²) in [7, 11) is 1.79. The van der Waals surface area contributed by atoms with E-state index in [-0.39, 0.29) is 11.3 Å². The molecule has 1 rings (SSSR count). The van der Waals surface area contributed by atoms with Crippen LogP contribution in [0.2, 0.25) is 0 Å². The fourth-order valence-electron chi connectivity index (χ4n) is 1.70. The van der Waals surface area contributed by atoms with Crippen molar-refractivity contribution in [3.05, 3.63) is 34.9 Å². The lowest BCUT2D eigenvalue weighted by molar-refractivity contribution is -0.129. The predicted octanol–water partition coefficient (Wildman–Crippen LogP) is 2.93. The topological polar surface area (TPSA) is 20.3 Å². The van der Waals surface area contributed by atoms with Gasteiger partial charge in [0.15, 0.2) is 0 Å². The number of alkyl halides is 1. The highest BCUT2D eigenvalue weighted by atomic mass is 35.5. The van der Waals surface area contributed by atoms with Gasteiger partial charge in [-0.3, -0.25) is 4.79 Å². The number of aryl methyl sites for hydroxylation is 2. The lowest BCUT2D eigenvalue weighted by Crippen LogP contribution is -2.32. The SMILES string of the molecule is Cc1ccc(CC(=O)N(C)CC(C)Cl)cc1C. The number of likely N-dealkylation sites (N-methyl/N-ethyl adjacent to an activating group) is 1. The van der Waals surface area contributed by atoms with Crippen molar-refractivity contribution in [2.24, 2.45) is 0 Å². The molecule has 0 N–H and O–H groups in total. The van der Waals surface area contributed by atoms with E-state index in [0.717, 1.165) is 5.56 Å². The summed E-state index contributed by atoms with van der Waals surface area (Å²) in [6.07, 6.45) is 0.446. The number of nitrogens with zero attached hydrogens (tertiary/aromatic N) is 1. The first kappa shape index (κ1) is 14.0. The zero-order valence-electron chi connectivity index (χ0n) is 11.0. The van der Waals surface area contributed by atoms with E-state index in [4.69, 9.17) is 11.6 Å². The van der Waals surface area contributed by atoms with Gasteiger partial charge in [0.05, 0.1) is 6.42 Å². The molecule has 1 amide bonds. The molecule has 0 aliphatic rings. The van der Waals surface area contributed by atoms with Gasteiger partial charge in [0.25, 0.3) is 0 Å². The molecule has 94 valence electrons. The molecule has 1 aromatic rings. The summed E-state index contributed by atoms with van der Waals surface area (Å²) >= 11 is 5.87. The number of amides is 1. The Labute approximate surface area is 109 Å². The molecular weight excluding hydrogens is 234 g/mol. The van der Waals surface area contributed by atoms with E-state index >= 15 is 0 Å². The Bertz CT molecular complexity index is 401. The Hall–Kier alpha value is -1.02. The van der Waals surface area contributed by atoms with Crippen LogP contribution in [0.4, 0.5) is 0 Å². The van der Waals surface area contributed by atoms with Crippen LogP contribution < -0.4 is 0 Å². The van der Waals surface area contributed by atoms with Crippen molar-refractivity contribution in [2.75, 3.05) is 13.6 Å². The van der Waals surface area contributed by atoms with Crippen LogP contribution in [0.1, 0.15) is 23.6 Å². The monoisotopic (exact) mass is 253 g/mol. The van der Waals surface area contributed by atoms with Crippen molar-refractivity contribution in [2.45, 2.75) is 32.6 Å². The third-order valence-electron chi connectivity index (χ3n) is 2.88. The molecule has 0 aliphatic heterocycles. The maximum absolute atomic E-state index is 11.9. The summed E-state index contributed by atoms with van der Waals surface area (Å²) in [5.41, 5.74) is 3.54. The Balaban J connectivity index is 2.64. The molecule has 0 fully saturated rings. The van der Waals surface area contributed by atoms with Crippen LogP contribution in [0.15, 0.2) is 18.2 Å². The average Bonchev–Trinajstić information content (AvgIpc) is 2.22.